The number of aliphatic hydroxyl groups excluding tert-OH is 1. The number of hydrogen-bond acceptors (Lipinski definition) is 6. The molecular weight excluding hydrogens is 234 g/mol. The van der Waals surface area contributed by atoms with Crippen LogP contribution < -0.4 is 5.73 Å². The number of β-amino-alcohol motifs (C(OH)–C–C–N with tert-alkyl or cyclic N) is 1. The number of nitrogens with two attached hydrogens (primary N) is 1. The van der Waals surface area contributed by atoms with Crippen LogP contribution >= 0.6 is 0 Å². The third kappa shape index (κ3) is 4.32. The molecule has 1 unspecified atom stereocenters. The summed E-state index contributed by atoms with van der Waals surface area (Å²) in [4.78, 5) is 3.99. The first-order valence-corrected chi connectivity index (χ1v) is 6.71. The van der Waals surface area contributed by atoms with Crippen LogP contribution in [0.3, 0.4) is 0 Å². The summed E-state index contributed by atoms with van der Waals surface area (Å²) in [6.07, 6.45) is 0. The highest BCUT2D eigenvalue weighted by Gasteiger charge is 2.23. The minimum absolute atomic E-state index is 0.129. The van der Waals surface area contributed by atoms with Crippen molar-refractivity contribution < 1.29 is 18.1 Å². The van der Waals surface area contributed by atoms with Crippen molar-refractivity contribution in [3.05, 3.63) is 0 Å². The Hall–Kier alpha value is -0.250. The van der Waals surface area contributed by atoms with Gasteiger partial charge in [0, 0.05) is 39.3 Å². The number of hydrogen-bond donors (Lipinski definition) is 3. The Morgan fingerprint density at radius 2 is 1.69 bits per heavy atom. The van der Waals surface area contributed by atoms with E-state index in [1.807, 2.05) is 4.90 Å². The van der Waals surface area contributed by atoms with E-state index in [0.717, 1.165) is 13.1 Å². The molecule has 0 spiro atoms. The van der Waals surface area contributed by atoms with Gasteiger partial charge in [-0.05, 0) is 0 Å². The van der Waals surface area contributed by atoms with E-state index in [9.17, 15) is 8.42 Å². The van der Waals surface area contributed by atoms with E-state index in [1.165, 1.54) is 0 Å². The van der Waals surface area contributed by atoms with Crippen molar-refractivity contribution in [2.45, 2.75) is 5.37 Å². The molecule has 0 aliphatic carbocycles. The van der Waals surface area contributed by atoms with Crippen LogP contribution in [-0.2, 0) is 10.1 Å². The van der Waals surface area contributed by atoms with E-state index in [-0.39, 0.29) is 13.2 Å². The lowest BCUT2D eigenvalue weighted by Gasteiger charge is -2.34. The summed E-state index contributed by atoms with van der Waals surface area (Å²) in [5.41, 5.74) is 5.34. The largest absolute Gasteiger partial charge is 0.395 e. The quantitative estimate of drug-likeness (QED) is 0.476. The van der Waals surface area contributed by atoms with Gasteiger partial charge in [-0.3, -0.25) is 14.4 Å². The second kappa shape index (κ2) is 5.89. The highest BCUT2D eigenvalue weighted by atomic mass is 32.2. The SMILES string of the molecule is NC(CN1CCN(CCO)CC1)S(=O)(=O)O. The second-order valence-corrected chi connectivity index (χ2v) is 5.55. The average molecular weight is 253 g/mol. The maximum Gasteiger partial charge on any atom is 0.282 e. The zero-order valence-electron chi connectivity index (χ0n) is 9.12. The molecule has 0 aromatic carbocycles. The summed E-state index contributed by atoms with van der Waals surface area (Å²) in [6.45, 7) is 3.86. The van der Waals surface area contributed by atoms with E-state index in [0.29, 0.717) is 19.6 Å². The fraction of sp³-hybridized carbons (Fsp3) is 1.00. The molecule has 1 heterocycles. The van der Waals surface area contributed by atoms with Crippen LogP contribution in [0.4, 0.5) is 0 Å². The highest BCUT2D eigenvalue weighted by Crippen LogP contribution is 2.03. The highest BCUT2D eigenvalue weighted by molar-refractivity contribution is 7.86. The Morgan fingerprint density at radius 1 is 1.19 bits per heavy atom. The molecule has 4 N–H and O–H groups in total. The molecule has 7 nitrogen and oxygen atoms in total. The Bertz CT molecular complexity index is 300. The van der Waals surface area contributed by atoms with Crippen LogP contribution in [0.1, 0.15) is 0 Å². The predicted molar refractivity (Wildman–Crippen MR) is 59.5 cm³/mol. The van der Waals surface area contributed by atoms with Gasteiger partial charge in [0.1, 0.15) is 5.37 Å². The zero-order chi connectivity index (χ0) is 12.2. The molecular formula is C8H19N3O4S. The fourth-order valence-corrected chi connectivity index (χ4v) is 2.08. The number of rotatable bonds is 5. The molecule has 1 aliphatic rings. The summed E-state index contributed by atoms with van der Waals surface area (Å²) in [5, 5.41) is 7.51. The van der Waals surface area contributed by atoms with Crippen molar-refractivity contribution in [2.24, 2.45) is 5.73 Å². The van der Waals surface area contributed by atoms with Crippen LogP contribution in [0.2, 0.25) is 0 Å². The molecule has 1 aliphatic heterocycles. The minimum Gasteiger partial charge on any atom is -0.395 e. The van der Waals surface area contributed by atoms with Crippen LogP contribution in [-0.4, -0.2) is 79.1 Å². The Labute approximate surface area is 95.6 Å². The molecule has 1 atom stereocenters. The number of piperazine rings is 1. The van der Waals surface area contributed by atoms with E-state index in [1.54, 1.807) is 0 Å². The lowest BCUT2D eigenvalue weighted by Crippen LogP contribution is -2.51. The van der Waals surface area contributed by atoms with Crippen LogP contribution in [0, 0.1) is 0 Å². The van der Waals surface area contributed by atoms with E-state index in [2.05, 4.69) is 4.90 Å². The van der Waals surface area contributed by atoms with Crippen molar-refractivity contribution in [2.75, 3.05) is 45.9 Å². The minimum atomic E-state index is -4.14. The average Bonchev–Trinajstić information content (AvgIpc) is 2.20. The van der Waals surface area contributed by atoms with Gasteiger partial charge in [0.15, 0.2) is 0 Å². The van der Waals surface area contributed by atoms with Gasteiger partial charge >= 0.3 is 0 Å². The third-order valence-corrected chi connectivity index (χ3v) is 3.62. The van der Waals surface area contributed by atoms with Crippen molar-refractivity contribution in [1.82, 2.24) is 9.80 Å². The van der Waals surface area contributed by atoms with E-state index < -0.39 is 15.5 Å². The summed E-state index contributed by atoms with van der Waals surface area (Å²) in [5.74, 6) is 0. The normalized spacial score (nSPS) is 22.2. The first kappa shape index (κ1) is 13.8. The first-order valence-electron chi connectivity index (χ1n) is 5.21. The molecule has 0 aromatic heterocycles. The van der Waals surface area contributed by atoms with Crippen molar-refractivity contribution in [3.63, 3.8) is 0 Å². The number of nitrogens with zero attached hydrogens (tertiary/aromatic N) is 2. The maximum atomic E-state index is 10.7. The van der Waals surface area contributed by atoms with Gasteiger partial charge in [-0.15, -0.1) is 0 Å². The Balaban J connectivity index is 2.32. The van der Waals surface area contributed by atoms with Crippen molar-refractivity contribution >= 4 is 10.1 Å². The second-order valence-electron chi connectivity index (χ2n) is 3.92. The lowest BCUT2D eigenvalue weighted by molar-refractivity contribution is 0.112. The van der Waals surface area contributed by atoms with Gasteiger partial charge < -0.3 is 10.8 Å². The standard InChI is InChI=1S/C8H19N3O4S/c9-8(16(13,14)15)7-11-3-1-10(2-4-11)5-6-12/h8,12H,1-7,9H2,(H,13,14,15). The fourth-order valence-electron chi connectivity index (χ4n) is 1.69. The van der Waals surface area contributed by atoms with Gasteiger partial charge in [-0.25, -0.2) is 0 Å². The van der Waals surface area contributed by atoms with E-state index >= 15 is 0 Å². The van der Waals surface area contributed by atoms with Crippen LogP contribution in [0.5, 0.6) is 0 Å². The molecule has 1 saturated heterocycles. The Kier molecular flexibility index (Phi) is 5.09. The molecule has 0 amide bonds. The van der Waals surface area contributed by atoms with Crippen LogP contribution in [0.25, 0.3) is 0 Å². The monoisotopic (exact) mass is 253 g/mol. The van der Waals surface area contributed by atoms with Gasteiger partial charge in [0.05, 0.1) is 6.61 Å². The molecule has 96 valence electrons. The van der Waals surface area contributed by atoms with Crippen molar-refractivity contribution in [1.29, 1.82) is 0 Å². The third-order valence-electron chi connectivity index (χ3n) is 2.70. The molecule has 0 saturated carbocycles. The molecule has 16 heavy (non-hydrogen) atoms. The molecule has 0 bridgehead atoms. The molecule has 0 aromatic rings. The molecule has 8 heteroatoms. The van der Waals surface area contributed by atoms with E-state index in [4.69, 9.17) is 15.4 Å². The Morgan fingerprint density at radius 3 is 2.12 bits per heavy atom. The topological polar surface area (TPSA) is 107 Å². The maximum absolute atomic E-state index is 10.7. The summed E-state index contributed by atoms with van der Waals surface area (Å²) < 4.78 is 30.2. The van der Waals surface area contributed by atoms with Crippen LogP contribution in [0.15, 0.2) is 0 Å². The summed E-state index contributed by atoms with van der Waals surface area (Å²) >= 11 is 0. The van der Waals surface area contributed by atoms with Gasteiger partial charge in [0.25, 0.3) is 10.1 Å². The summed E-state index contributed by atoms with van der Waals surface area (Å²) in [6, 6.07) is 0. The molecule has 1 rings (SSSR count). The lowest BCUT2D eigenvalue weighted by atomic mass is 10.3. The smallest absolute Gasteiger partial charge is 0.282 e. The zero-order valence-corrected chi connectivity index (χ0v) is 9.93. The molecule has 0 radical (unpaired) electrons. The summed E-state index contributed by atoms with van der Waals surface area (Å²) in [7, 11) is -4.14. The molecule has 1 fully saturated rings. The van der Waals surface area contributed by atoms with Crippen molar-refractivity contribution in [3.8, 4) is 0 Å². The number of aliphatic hydroxyl groups is 1. The first-order chi connectivity index (χ1) is 7.43. The van der Waals surface area contributed by atoms with Gasteiger partial charge in [-0.2, -0.15) is 8.42 Å². The van der Waals surface area contributed by atoms with Gasteiger partial charge in [0.2, 0.25) is 0 Å². The predicted octanol–water partition coefficient (Wildman–Crippen LogP) is -2.23. The van der Waals surface area contributed by atoms with Gasteiger partial charge in [-0.1, -0.05) is 0 Å².